The van der Waals surface area contributed by atoms with Gasteiger partial charge in [0.25, 0.3) is 0 Å². The van der Waals surface area contributed by atoms with Crippen molar-refractivity contribution in [1.82, 2.24) is 14.6 Å². The minimum atomic E-state index is 0.0432. The molecule has 5 heteroatoms. The third-order valence-electron chi connectivity index (χ3n) is 4.30. The van der Waals surface area contributed by atoms with Crippen LogP contribution in [-0.4, -0.2) is 27.2 Å². The number of rotatable bonds is 3. The standard InChI is InChI=1S/C16H25N5/c1-16(2,3)14-9-13-15(18-6-7-21(13)20-14)19-10-11-4-5-12(17)8-11/h6-7,9,11-12H,4-5,8,10,17H2,1-3H3,(H,18,19). The Balaban J connectivity index is 1.80. The molecule has 3 rings (SSSR count). The lowest BCUT2D eigenvalue weighted by molar-refractivity contribution is 0.562. The predicted octanol–water partition coefficient (Wildman–Crippen LogP) is 2.57. The van der Waals surface area contributed by atoms with Gasteiger partial charge in [0.05, 0.1) is 5.69 Å². The third-order valence-corrected chi connectivity index (χ3v) is 4.30. The van der Waals surface area contributed by atoms with Gasteiger partial charge in [0.15, 0.2) is 5.82 Å². The van der Waals surface area contributed by atoms with Crippen LogP contribution in [0.5, 0.6) is 0 Å². The van der Waals surface area contributed by atoms with Gasteiger partial charge < -0.3 is 11.1 Å². The van der Waals surface area contributed by atoms with E-state index in [1.165, 1.54) is 6.42 Å². The molecule has 3 N–H and O–H groups in total. The average Bonchev–Trinajstić information content (AvgIpc) is 3.01. The molecular weight excluding hydrogens is 262 g/mol. The van der Waals surface area contributed by atoms with E-state index < -0.39 is 0 Å². The second kappa shape index (κ2) is 5.30. The van der Waals surface area contributed by atoms with Gasteiger partial charge >= 0.3 is 0 Å². The maximum Gasteiger partial charge on any atom is 0.152 e. The molecule has 0 aliphatic heterocycles. The Hall–Kier alpha value is -1.62. The van der Waals surface area contributed by atoms with Crippen LogP contribution in [0, 0.1) is 5.92 Å². The maximum absolute atomic E-state index is 5.98. The van der Waals surface area contributed by atoms with Crippen molar-refractivity contribution in [3.05, 3.63) is 24.2 Å². The van der Waals surface area contributed by atoms with Crippen molar-refractivity contribution in [2.24, 2.45) is 11.7 Å². The van der Waals surface area contributed by atoms with Crippen LogP contribution in [-0.2, 0) is 5.41 Å². The number of nitrogens with one attached hydrogen (secondary N) is 1. The first-order valence-electron chi connectivity index (χ1n) is 7.78. The summed E-state index contributed by atoms with van der Waals surface area (Å²) in [5.74, 6) is 1.58. The monoisotopic (exact) mass is 287 g/mol. The average molecular weight is 287 g/mol. The second-order valence-electron chi connectivity index (χ2n) is 7.21. The minimum absolute atomic E-state index is 0.0432. The number of hydrogen-bond acceptors (Lipinski definition) is 4. The van der Waals surface area contributed by atoms with Crippen LogP contribution >= 0.6 is 0 Å². The Morgan fingerprint density at radius 2 is 2.19 bits per heavy atom. The van der Waals surface area contributed by atoms with Gasteiger partial charge in [-0.05, 0) is 31.2 Å². The van der Waals surface area contributed by atoms with Gasteiger partial charge in [-0.2, -0.15) is 5.10 Å². The SMILES string of the molecule is CC(C)(C)c1cc2c(NCC3CCC(N)C3)nccn2n1. The summed E-state index contributed by atoms with van der Waals surface area (Å²) in [7, 11) is 0. The van der Waals surface area contributed by atoms with Crippen molar-refractivity contribution in [2.45, 2.75) is 51.5 Å². The highest BCUT2D eigenvalue weighted by Gasteiger charge is 2.22. The number of nitrogens with two attached hydrogens (primary N) is 1. The lowest BCUT2D eigenvalue weighted by Crippen LogP contribution is -2.18. The summed E-state index contributed by atoms with van der Waals surface area (Å²) >= 11 is 0. The fraction of sp³-hybridized carbons (Fsp3) is 0.625. The number of hydrogen-bond donors (Lipinski definition) is 2. The smallest absolute Gasteiger partial charge is 0.152 e. The van der Waals surface area contributed by atoms with E-state index in [1.54, 1.807) is 6.20 Å². The molecule has 0 amide bonds. The molecule has 1 fully saturated rings. The molecule has 0 spiro atoms. The minimum Gasteiger partial charge on any atom is -0.368 e. The highest BCUT2D eigenvalue weighted by Crippen LogP contribution is 2.27. The van der Waals surface area contributed by atoms with Gasteiger partial charge in [-0.3, -0.25) is 0 Å². The second-order valence-corrected chi connectivity index (χ2v) is 7.21. The summed E-state index contributed by atoms with van der Waals surface area (Å²) in [6.07, 6.45) is 7.17. The van der Waals surface area contributed by atoms with E-state index in [4.69, 9.17) is 5.73 Å². The Kier molecular flexibility index (Phi) is 3.61. The summed E-state index contributed by atoms with van der Waals surface area (Å²) in [4.78, 5) is 4.48. The Bertz CT molecular complexity index is 625. The molecule has 114 valence electrons. The van der Waals surface area contributed by atoms with E-state index >= 15 is 0 Å². The van der Waals surface area contributed by atoms with Gasteiger partial charge in [-0.15, -0.1) is 0 Å². The molecule has 2 aromatic heterocycles. The molecule has 0 radical (unpaired) electrons. The molecule has 2 unspecified atom stereocenters. The highest BCUT2D eigenvalue weighted by atomic mass is 15.2. The van der Waals surface area contributed by atoms with E-state index in [9.17, 15) is 0 Å². The molecular formula is C16H25N5. The summed E-state index contributed by atoms with van der Waals surface area (Å²) in [5.41, 5.74) is 8.15. The third kappa shape index (κ3) is 3.02. The fourth-order valence-corrected chi connectivity index (χ4v) is 2.96. The van der Waals surface area contributed by atoms with E-state index in [0.29, 0.717) is 12.0 Å². The van der Waals surface area contributed by atoms with Gasteiger partial charge in [-0.1, -0.05) is 20.8 Å². The van der Waals surface area contributed by atoms with Crippen LogP contribution in [0.25, 0.3) is 5.52 Å². The topological polar surface area (TPSA) is 68.2 Å². The first kappa shape index (κ1) is 14.3. The Labute approximate surface area is 125 Å². The van der Waals surface area contributed by atoms with Crippen LogP contribution < -0.4 is 11.1 Å². The van der Waals surface area contributed by atoms with Crippen LogP contribution in [0.3, 0.4) is 0 Å². The fourth-order valence-electron chi connectivity index (χ4n) is 2.96. The molecule has 5 nitrogen and oxygen atoms in total. The van der Waals surface area contributed by atoms with Crippen LogP contribution in [0.1, 0.15) is 45.7 Å². The van der Waals surface area contributed by atoms with Crippen LogP contribution in [0.2, 0.25) is 0 Å². The summed E-state index contributed by atoms with van der Waals surface area (Å²) in [6.45, 7) is 7.47. The van der Waals surface area contributed by atoms with E-state index in [-0.39, 0.29) is 5.41 Å². The van der Waals surface area contributed by atoms with Gasteiger partial charge in [0, 0.05) is 30.4 Å². The Morgan fingerprint density at radius 3 is 2.86 bits per heavy atom. The van der Waals surface area contributed by atoms with Crippen molar-refractivity contribution >= 4 is 11.3 Å². The first-order chi connectivity index (χ1) is 9.93. The van der Waals surface area contributed by atoms with Crippen molar-refractivity contribution in [3.63, 3.8) is 0 Å². The van der Waals surface area contributed by atoms with E-state index in [1.807, 2.05) is 10.7 Å². The molecule has 0 saturated heterocycles. The molecule has 2 aromatic rings. The molecule has 1 saturated carbocycles. The van der Waals surface area contributed by atoms with Crippen LogP contribution in [0.15, 0.2) is 18.5 Å². The number of nitrogens with zero attached hydrogens (tertiary/aromatic N) is 3. The van der Waals surface area contributed by atoms with Crippen molar-refractivity contribution < 1.29 is 0 Å². The Morgan fingerprint density at radius 1 is 1.38 bits per heavy atom. The zero-order chi connectivity index (χ0) is 15.0. The van der Waals surface area contributed by atoms with Crippen molar-refractivity contribution in [2.75, 3.05) is 11.9 Å². The molecule has 0 aromatic carbocycles. The molecule has 2 atom stereocenters. The summed E-state index contributed by atoms with van der Waals surface area (Å²) in [5, 5.41) is 8.14. The molecule has 21 heavy (non-hydrogen) atoms. The number of aromatic nitrogens is 3. The van der Waals surface area contributed by atoms with Crippen LogP contribution in [0.4, 0.5) is 5.82 Å². The lowest BCUT2D eigenvalue weighted by Gasteiger charge is -2.13. The van der Waals surface area contributed by atoms with Gasteiger partial charge in [0.2, 0.25) is 0 Å². The molecule has 1 aliphatic carbocycles. The van der Waals surface area contributed by atoms with Gasteiger partial charge in [0.1, 0.15) is 5.52 Å². The molecule has 0 bridgehead atoms. The zero-order valence-corrected chi connectivity index (χ0v) is 13.1. The number of fused-ring (bicyclic) bond motifs is 1. The quantitative estimate of drug-likeness (QED) is 0.910. The maximum atomic E-state index is 5.98. The van der Waals surface area contributed by atoms with E-state index in [2.05, 4.69) is 42.2 Å². The normalized spacial score (nSPS) is 22.9. The lowest BCUT2D eigenvalue weighted by atomic mass is 9.92. The van der Waals surface area contributed by atoms with Gasteiger partial charge in [-0.25, -0.2) is 9.50 Å². The first-order valence-corrected chi connectivity index (χ1v) is 7.78. The molecule has 1 aliphatic rings. The predicted molar refractivity (Wildman–Crippen MR) is 85.5 cm³/mol. The van der Waals surface area contributed by atoms with E-state index in [0.717, 1.165) is 36.4 Å². The van der Waals surface area contributed by atoms with Crippen molar-refractivity contribution in [3.8, 4) is 0 Å². The zero-order valence-electron chi connectivity index (χ0n) is 13.1. The van der Waals surface area contributed by atoms with Crippen molar-refractivity contribution in [1.29, 1.82) is 0 Å². The summed E-state index contributed by atoms with van der Waals surface area (Å²) in [6, 6.07) is 2.51. The number of anilines is 1. The summed E-state index contributed by atoms with van der Waals surface area (Å²) < 4.78 is 1.91. The molecule has 2 heterocycles. The highest BCUT2D eigenvalue weighted by molar-refractivity contribution is 5.68. The largest absolute Gasteiger partial charge is 0.368 e.